The van der Waals surface area contributed by atoms with Crippen molar-refractivity contribution in [2.24, 2.45) is 5.92 Å². The van der Waals surface area contributed by atoms with Crippen molar-refractivity contribution in [2.45, 2.75) is 56.5 Å². The van der Waals surface area contributed by atoms with E-state index in [-0.39, 0.29) is 36.3 Å². The highest BCUT2D eigenvalue weighted by molar-refractivity contribution is 8.44. The fourth-order valence-electron chi connectivity index (χ4n) is 5.25. The number of aliphatic hydroxyl groups is 1. The monoisotopic (exact) mass is 647 g/mol. The highest BCUT2D eigenvalue weighted by Gasteiger charge is 2.50. The van der Waals surface area contributed by atoms with Gasteiger partial charge in [0.05, 0.1) is 25.6 Å². The Morgan fingerprint density at radius 1 is 1.22 bits per heavy atom. The molecule has 16 nitrogen and oxygen atoms in total. The Hall–Kier alpha value is -1.82. The molecule has 41 heavy (non-hydrogen) atoms. The van der Waals surface area contributed by atoms with Crippen LogP contribution in [0.1, 0.15) is 24.9 Å². The Balaban J connectivity index is 1.28. The van der Waals surface area contributed by atoms with Crippen molar-refractivity contribution in [3.8, 4) is 0 Å². The normalized spacial score (nSPS) is 38.1. The molecule has 2 bridgehead atoms. The number of hydrogen-bond acceptors (Lipinski definition) is 14. The molecule has 3 aliphatic rings. The third kappa shape index (κ3) is 6.28. The summed E-state index contributed by atoms with van der Waals surface area (Å²) in [5, 5.41) is 14.4. The van der Waals surface area contributed by atoms with Crippen LogP contribution in [0.3, 0.4) is 0 Å². The molecule has 3 aromatic rings. The number of aliphatic hydroxyl groups excluding tert-OH is 1. The van der Waals surface area contributed by atoms with E-state index in [0.29, 0.717) is 24.5 Å². The van der Waals surface area contributed by atoms with Crippen molar-refractivity contribution in [2.75, 3.05) is 18.5 Å². The number of anilines is 1. The Kier molecular flexibility index (Phi) is 8.10. The molecule has 4 N–H and O–H groups in total. The van der Waals surface area contributed by atoms with Crippen LogP contribution in [0.4, 0.5) is 5.82 Å². The largest absolute Gasteiger partial charge is 0.387 e. The van der Waals surface area contributed by atoms with Crippen molar-refractivity contribution < 1.29 is 37.4 Å². The van der Waals surface area contributed by atoms with Gasteiger partial charge in [-0.2, -0.15) is 0 Å². The first-order chi connectivity index (χ1) is 19.5. The number of rotatable bonds is 3. The lowest BCUT2D eigenvalue weighted by Gasteiger charge is -2.27. The molecule has 5 heterocycles. The van der Waals surface area contributed by atoms with Gasteiger partial charge in [0.15, 0.2) is 17.4 Å². The minimum Gasteiger partial charge on any atom is -0.387 e. The molecule has 9 atom stereocenters. The van der Waals surface area contributed by atoms with Gasteiger partial charge in [-0.05, 0) is 37.6 Å². The number of fused-ring (bicyclic) bond motifs is 4. The SMILES string of the molecule is Cc1nc2c(ncn2[C@@H]2O[C@@H]3COP(O)(=S)O[C@H]4C[C@H](Nc5ccncn5)C[C@@H]4COP(=O)(S)O[C@@H]2[C@@H]3O)c(=O)[nH]1. The predicted molar refractivity (Wildman–Crippen MR) is 150 cm³/mol. The summed E-state index contributed by atoms with van der Waals surface area (Å²) < 4.78 is 43.8. The first-order valence-corrected chi connectivity index (χ1v) is 17.9. The molecule has 0 spiro atoms. The van der Waals surface area contributed by atoms with Crippen LogP contribution in [-0.4, -0.2) is 83.2 Å². The van der Waals surface area contributed by atoms with E-state index in [1.807, 2.05) is 0 Å². The molecule has 222 valence electrons. The van der Waals surface area contributed by atoms with Crippen molar-refractivity contribution in [3.05, 3.63) is 41.1 Å². The summed E-state index contributed by atoms with van der Waals surface area (Å²) in [6, 6.07) is 1.58. The van der Waals surface area contributed by atoms with Crippen LogP contribution in [0.15, 0.2) is 29.7 Å². The maximum absolute atomic E-state index is 13.5. The smallest absolute Gasteiger partial charge is 0.386 e. The molecule has 6 rings (SSSR count). The topological polar surface area (TPSA) is 205 Å². The van der Waals surface area contributed by atoms with Gasteiger partial charge in [0.25, 0.3) is 5.56 Å². The zero-order valence-electron chi connectivity index (χ0n) is 21.4. The highest BCUT2D eigenvalue weighted by atomic mass is 32.7. The number of thiol groups is 1. The zero-order valence-corrected chi connectivity index (χ0v) is 24.9. The number of aryl methyl sites for hydroxylation is 1. The van der Waals surface area contributed by atoms with Crippen LogP contribution < -0.4 is 10.9 Å². The summed E-state index contributed by atoms with van der Waals surface area (Å²) in [4.78, 5) is 42.4. The van der Waals surface area contributed by atoms with Crippen LogP contribution in [0.25, 0.3) is 11.2 Å². The van der Waals surface area contributed by atoms with E-state index in [2.05, 4.69) is 42.5 Å². The van der Waals surface area contributed by atoms with Crippen LogP contribution >= 0.6 is 25.8 Å². The van der Waals surface area contributed by atoms with E-state index in [1.54, 1.807) is 19.2 Å². The van der Waals surface area contributed by atoms with Crippen molar-refractivity contribution in [3.63, 3.8) is 0 Å². The molecule has 3 fully saturated rings. The summed E-state index contributed by atoms with van der Waals surface area (Å²) in [5.41, 5.74) is -0.283. The molecule has 2 aliphatic heterocycles. The van der Waals surface area contributed by atoms with Gasteiger partial charge in [0, 0.05) is 18.2 Å². The minimum absolute atomic E-state index is 0.0310. The Labute approximate surface area is 243 Å². The third-order valence-electron chi connectivity index (χ3n) is 7.08. The number of nitrogens with zero attached hydrogens (tertiary/aromatic N) is 5. The average Bonchev–Trinajstić information content (AvgIpc) is 3.57. The second-order valence-electron chi connectivity index (χ2n) is 9.94. The van der Waals surface area contributed by atoms with Crippen LogP contribution in [0.2, 0.25) is 0 Å². The van der Waals surface area contributed by atoms with Crippen molar-refractivity contribution >= 4 is 54.6 Å². The standard InChI is InChI=1S/C21H27N7O9P2S2/c1-10-25-19-16(20(30)26-10)24-9-28(19)21-18-17(29)14(35-21)7-34-38(31,40)36-13-5-12(27-15-2-3-22-8-23-15)4-11(13)6-33-39(32,41)37-18/h2-3,8-9,11-14,17-18,21,29H,4-7H2,1H3,(H,31,40)(H,32,41)(H,22,23,27)(H,25,26,30)/t11-,12-,13+,14-,17-,18-,21-,38?,39?/m1/s1. The molecular formula is C21H27N7O9P2S2. The number of aromatic amines is 1. The summed E-state index contributed by atoms with van der Waals surface area (Å²) in [6.45, 7) is -6.83. The van der Waals surface area contributed by atoms with Gasteiger partial charge in [-0.15, -0.1) is 0 Å². The molecule has 20 heteroatoms. The third-order valence-corrected chi connectivity index (χ3v) is 10.3. The summed E-state index contributed by atoms with van der Waals surface area (Å²) in [5.74, 6) is 0.556. The van der Waals surface area contributed by atoms with E-state index in [4.69, 9.17) is 34.6 Å². The fraction of sp³-hybridized carbons (Fsp3) is 0.571. The van der Waals surface area contributed by atoms with Gasteiger partial charge < -0.3 is 38.6 Å². The number of imidazole rings is 1. The van der Waals surface area contributed by atoms with E-state index >= 15 is 0 Å². The summed E-state index contributed by atoms with van der Waals surface area (Å²) in [7, 11) is 0. The second-order valence-corrected chi connectivity index (χ2v) is 15.6. The Morgan fingerprint density at radius 2 is 2.05 bits per heavy atom. The molecule has 0 aromatic carbocycles. The van der Waals surface area contributed by atoms with E-state index < -0.39 is 49.7 Å². The van der Waals surface area contributed by atoms with Crippen LogP contribution in [0.5, 0.6) is 0 Å². The Morgan fingerprint density at radius 3 is 2.83 bits per heavy atom. The lowest BCUT2D eigenvalue weighted by molar-refractivity contribution is -0.0502. The van der Waals surface area contributed by atoms with Crippen LogP contribution in [0, 0.1) is 12.8 Å². The number of aromatic nitrogens is 6. The molecule has 3 aromatic heterocycles. The predicted octanol–water partition coefficient (Wildman–Crippen LogP) is 1.44. The second kappa shape index (κ2) is 11.4. The van der Waals surface area contributed by atoms with E-state index in [9.17, 15) is 19.4 Å². The number of nitrogens with one attached hydrogen (secondary N) is 2. The van der Waals surface area contributed by atoms with Gasteiger partial charge in [-0.3, -0.25) is 13.9 Å². The molecule has 1 aliphatic carbocycles. The Bertz CT molecular complexity index is 1580. The average molecular weight is 648 g/mol. The maximum atomic E-state index is 13.5. The first-order valence-electron chi connectivity index (χ1n) is 12.6. The van der Waals surface area contributed by atoms with Gasteiger partial charge in [-0.25, -0.2) is 24.5 Å². The molecule has 1 saturated carbocycles. The van der Waals surface area contributed by atoms with E-state index in [1.165, 1.54) is 17.2 Å². The quantitative estimate of drug-likeness (QED) is 0.202. The highest BCUT2D eigenvalue weighted by Crippen LogP contribution is 2.58. The lowest BCUT2D eigenvalue weighted by Crippen LogP contribution is -2.35. The molecule has 0 amide bonds. The van der Waals surface area contributed by atoms with Gasteiger partial charge in [-0.1, -0.05) is 12.2 Å². The zero-order chi connectivity index (χ0) is 28.9. The minimum atomic E-state index is -4.11. The fourth-order valence-corrected chi connectivity index (χ4v) is 8.27. The summed E-state index contributed by atoms with van der Waals surface area (Å²) >= 11 is 9.46. The lowest BCUT2D eigenvalue weighted by atomic mass is 10.1. The first kappa shape index (κ1) is 29.3. The summed E-state index contributed by atoms with van der Waals surface area (Å²) in [6.07, 6.45) is -0.385. The molecule has 2 saturated heterocycles. The van der Waals surface area contributed by atoms with Crippen LogP contribution in [-0.2, 0) is 39.2 Å². The van der Waals surface area contributed by atoms with Gasteiger partial charge in [0.2, 0.25) is 0 Å². The van der Waals surface area contributed by atoms with Crippen molar-refractivity contribution in [1.82, 2.24) is 29.5 Å². The number of H-pyrrole nitrogens is 1. The maximum Gasteiger partial charge on any atom is 0.386 e. The van der Waals surface area contributed by atoms with E-state index in [0.717, 1.165) is 0 Å². The number of ether oxygens (including phenoxy) is 1. The number of hydrogen-bond donors (Lipinski definition) is 5. The molecule has 0 radical (unpaired) electrons. The van der Waals surface area contributed by atoms with Gasteiger partial charge >= 0.3 is 13.5 Å². The molecular weight excluding hydrogens is 620 g/mol. The van der Waals surface area contributed by atoms with Crippen molar-refractivity contribution in [1.29, 1.82) is 0 Å². The van der Waals surface area contributed by atoms with Gasteiger partial charge in [0.1, 0.15) is 36.3 Å². The molecule has 2 unspecified atom stereocenters.